The van der Waals surface area contributed by atoms with Gasteiger partial charge < -0.3 is 11.2 Å². The van der Waals surface area contributed by atoms with Gasteiger partial charge in [0.25, 0.3) is 0 Å². The van der Waals surface area contributed by atoms with Crippen LogP contribution in [-0.4, -0.2) is 13.7 Å². The van der Waals surface area contributed by atoms with E-state index in [1.807, 2.05) is 13.3 Å². The van der Waals surface area contributed by atoms with Crippen LogP contribution in [0.15, 0.2) is 0 Å². The summed E-state index contributed by atoms with van der Waals surface area (Å²) in [6.07, 6.45) is 1.96. The van der Waals surface area contributed by atoms with Gasteiger partial charge in [0.15, 0.2) is 0 Å². The van der Waals surface area contributed by atoms with Crippen LogP contribution in [0, 0.1) is 6.42 Å². The Balaban J connectivity index is 0. The van der Waals surface area contributed by atoms with Crippen LogP contribution in [0.1, 0.15) is 6.92 Å². The maximum atomic E-state index is 8.25. The first-order valence-electron chi connectivity index (χ1n) is 1.89. The summed E-state index contributed by atoms with van der Waals surface area (Å²) in [6, 6.07) is 0. The first-order valence-corrected chi connectivity index (χ1v) is 2.52. The minimum absolute atomic E-state index is 0.750. The van der Waals surface area contributed by atoms with Gasteiger partial charge in [0, 0.05) is 7.11 Å². The van der Waals surface area contributed by atoms with E-state index in [2.05, 4.69) is 4.74 Å². The van der Waals surface area contributed by atoms with Crippen LogP contribution < -0.4 is 0 Å². The number of hydrogen-bond acceptors (Lipinski definition) is 2. The van der Waals surface area contributed by atoms with Crippen molar-refractivity contribution in [3.8, 4) is 0 Å². The first-order chi connectivity index (χ1) is 3.41. The van der Waals surface area contributed by atoms with Gasteiger partial charge >= 0.3 is 23.7 Å². The molecule has 0 aliphatic rings. The van der Waals surface area contributed by atoms with Gasteiger partial charge in [-0.2, -0.15) is 6.92 Å². The molecule has 0 N–H and O–H groups in total. The molecule has 0 fully saturated rings. The van der Waals surface area contributed by atoms with E-state index in [1.54, 1.807) is 7.11 Å². The topological polar surface area (TPSA) is 26.3 Å². The average Bonchev–Trinajstić information content (AvgIpc) is 1.75. The molecule has 7 heavy (non-hydrogen) atoms. The van der Waals surface area contributed by atoms with Crippen LogP contribution >= 0.6 is 0 Å². The molecular formula is C4H9O2Ti. The van der Waals surface area contributed by atoms with E-state index in [0.29, 0.717) is 0 Å². The van der Waals surface area contributed by atoms with Crippen molar-refractivity contribution in [2.75, 3.05) is 13.7 Å². The Morgan fingerprint density at radius 1 is 1.71 bits per heavy atom. The second kappa shape index (κ2) is 16.1. The zero-order chi connectivity index (χ0) is 6.12. The van der Waals surface area contributed by atoms with Crippen molar-refractivity contribution >= 4 is 0 Å². The van der Waals surface area contributed by atoms with Crippen molar-refractivity contribution in [1.29, 1.82) is 0 Å². The van der Waals surface area contributed by atoms with E-state index in [0.717, 1.165) is 27.0 Å². The van der Waals surface area contributed by atoms with Crippen molar-refractivity contribution in [3.05, 3.63) is 6.42 Å². The van der Waals surface area contributed by atoms with Gasteiger partial charge in [0.05, 0.1) is 0 Å². The summed E-state index contributed by atoms with van der Waals surface area (Å²) in [5.74, 6) is 0. The molecule has 0 radical (unpaired) electrons. The molecule has 0 aromatic heterocycles. The Morgan fingerprint density at radius 2 is 2.14 bits per heavy atom. The third-order valence-corrected chi connectivity index (χ3v) is 0.333. The van der Waals surface area contributed by atoms with Gasteiger partial charge in [-0.05, 0) is 0 Å². The molecule has 0 heterocycles. The van der Waals surface area contributed by atoms with Crippen LogP contribution in [-0.2, 0) is 28.5 Å². The summed E-state index contributed by atoms with van der Waals surface area (Å²) in [6.45, 7) is 2.73. The van der Waals surface area contributed by atoms with Crippen molar-refractivity contribution < 1.29 is 28.5 Å². The molecule has 0 amide bonds. The zero-order valence-corrected chi connectivity index (χ0v) is 6.16. The monoisotopic (exact) mass is 137 g/mol. The van der Waals surface area contributed by atoms with Crippen LogP contribution in [0.25, 0.3) is 0 Å². The van der Waals surface area contributed by atoms with E-state index in [9.17, 15) is 0 Å². The first kappa shape index (κ1) is 10.5. The van der Waals surface area contributed by atoms with Crippen LogP contribution in [0.2, 0.25) is 0 Å². The fourth-order valence-corrected chi connectivity index (χ4v) is 0.167. The predicted molar refractivity (Wildman–Crippen MR) is 22.5 cm³/mol. The van der Waals surface area contributed by atoms with E-state index in [1.165, 1.54) is 0 Å². The predicted octanol–water partition coefficient (Wildman–Crippen LogP) is 0.736. The Kier molecular flexibility index (Phi) is 24.0. The maximum absolute atomic E-state index is 8.25. The van der Waals surface area contributed by atoms with Crippen molar-refractivity contribution in [2.24, 2.45) is 0 Å². The Hall–Kier alpha value is 0.474. The molecule has 0 bridgehead atoms. The molecule has 0 rings (SSSR count). The van der Waals surface area contributed by atoms with E-state index >= 15 is 0 Å². The van der Waals surface area contributed by atoms with Crippen LogP contribution in [0.4, 0.5) is 0 Å². The van der Waals surface area contributed by atoms with E-state index in [-0.39, 0.29) is 0 Å². The summed E-state index contributed by atoms with van der Waals surface area (Å²) in [5.41, 5.74) is 0. The molecule has 0 spiro atoms. The van der Waals surface area contributed by atoms with Crippen LogP contribution in [0.5, 0.6) is 0 Å². The number of hydrogen-bond donors (Lipinski definition) is 0. The van der Waals surface area contributed by atoms with Gasteiger partial charge in [0.1, 0.15) is 0 Å². The summed E-state index contributed by atoms with van der Waals surface area (Å²) in [5, 5.41) is 0. The van der Waals surface area contributed by atoms with Crippen molar-refractivity contribution in [3.63, 3.8) is 0 Å². The third kappa shape index (κ3) is 21.2. The molecule has 0 unspecified atom stereocenters. The minimum atomic E-state index is 0.750. The normalized spacial score (nSPS) is 6.86. The third-order valence-electron chi connectivity index (χ3n) is 0.333. The summed E-state index contributed by atoms with van der Waals surface area (Å²) in [7, 11) is 1.68. The molecule has 0 saturated heterocycles. The second-order valence-electron chi connectivity index (χ2n) is 0.864. The fourth-order valence-electron chi connectivity index (χ4n) is 0.167. The number of methoxy groups -OCH3 is 1. The number of ether oxygens (including phenoxy) is 1. The van der Waals surface area contributed by atoms with Crippen molar-refractivity contribution in [1.82, 2.24) is 0 Å². The Labute approximate surface area is 56.0 Å². The van der Waals surface area contributed by atoms with E-state index in [4.69, 9.17) is 3.32 Å². The van der Waals surface area contributed by atoms with Gasteiger partial charge in [-0.3, -0.25) is 0 Å². The van der Waals surface area contributed by atoms with Crippen molar-refractivity contribution in [2.45, 2.75) is 6.92 Å². The molecule has 2 nitrogen and oxygen atoms in total. The van der Waals surface area contributed by atoms with Gasteiger partial charge in [-0.15, -0.1) is 0 Å². The second-order valence-corrected chi connectivity index (χ2v) is 0.864. The SMILES string of the molecule is C[CH-]COC.[O]=[Ti+]. The quantitative estimate of drug-likeness (QED) is 0.414. The molecule has 0 aromatic carbocycles. The molecule has 3 heteroatoms. The zero-order valence-electron chi connectivity index (χ0n) is 4.60. The number of rotatable bonds is 2. The summed E-state index contributed by atoms with van der Waals surface area (Å²) < 4.78 is 12.9. The van der Waals surface area contributed by atoms with Crippen LogP contribution in [0.3, 0.4) is 0 Å². The summed E-state index contributed by atoms with van der Waals surface area (Å²) >= 11 is 0.750. The van der Waals surface area contributed by atoms with Gasteiger partial charge in [0.2, 0.25) is 0 Å². The Bertz CT molecular complexity index is 23.7. The molecule has 0 saturated carbocycles. The molecule has 0 atom stereocenters. The fraction of sp³-hybridized carbons (Fsp3) is 0.750. The Morgan fingerprint density at radius 3 is 2.14 bits per heavy atom. The van der Waals surface area contributed by atoms with Gasteiger partial charge in [-0.25, -0.2) is 0 Å². The molecule has 0 aliphatic heterocycles. The molecule has 41 valence electrons. The molecule has 0 aliphatic carbocycles. The van der Waals surface area contributed by atoms with E-state index < -0.39 is 0 Å². The standard InChI is InChI=1S/C4H9O.O.Ti/c1-3-4-5-2;;/h3H,4H2,1-2H3;;/q-1;;+1. The van der Waals surface area contributed by atoms with Gasteiger partial charge in [-0.1, -0.05) is 6.61 Å². The summed E-state index contributed by atoms with van der Waals surface area (Å²) in [4.78, 5) is 0. The average molecular weight is 137 g/mol. The molecule has 0 aromatic rings. The molecular weight excluding hydrogens is 128 g/mol.